The average Bonchev–Trinajstić information content (AvgIpc) is 3.34. The van der Waals surface area contributed by atoms with E-state index in [4.69, 9.17) is 22.9 Å². The number of nitrogens with two attached hydrogens (primary N) is 4. The minimum Gasteiger partial charge on any atom is -0.355 e. The van der Waals surface area contributed by atoms with Crippen molar-refractivity contribution in [2.45, 2.75) is 263 Å². The van der Waals surface area contributed by atoms with E-state index in [9.17, 15) is 24.0 Å². The van der Waals surface area contributed by atoms with Gasteiger partial charge in [-0.2, -0.15) is 0 Å². The Morgan fingerprint density at radius 3 is 1.17 bits per heavy atom. The van der Waals surface area contributed by atoms with Crippen LogP contribution < -0.4 is 49.5 Å². The summed E-state index contributed by atoms with van der Waals surface area (Å²) >= 11 is 0. The van der Waals surface area contributed by atoms with Crippen molar-refractivity contribution in [2.75, 3.05) is 39.3 Å². The third-order valence-electron chi connectivity index (χ3n) is 13.2. The molecular formula is C55H109N9O5. The van der Waals surface area contributed by atoms with Gasteiger partial charge < -0.3 is 49.5 Å². The fraction of sp³-hybridized carbons (Fsp3) is 0.873. The molecule has 0 spiro atoms. The number of amides is 5. The van der Waals surface area contributed by atoms with E-state index < -0.39 is 35.9 Å². The Balaban J connectivity index is 5.38. The number of unbranched alkanes of at least 4 members (excludes halogenated alkanes) is 26. The Hall–Kier alpha value is -3.07. The molecule has 4 atom stereocenters. The van der Waals surface area contributed by atoms with Crippen molar-refractivity contribution in [3.05, 3.63) is 12.2 Å². The smallest absolute Gasteiger partial charge is 0.242 e. The Morgan fingerprint density at radius 2 is 0.710 bits per heavy atom. The van der Waals surface area contributed by atoms with Gasteiger partial charge in [-0.15, -0.1) is 0 Å². The van der Waals surface area contributed by atoms with E-state index in [1.165, 1.54) is 116 Å². The molecule has 0 aliphatic heterocycles. The summed E-state index contributed by atoms with van der Waals surface area (Å²) < 4.78 is 0. The monoisotopic (exact) mass is 976 g/mol. The van der Waals surface area contributed by atoms with Crippen molar-refractivity contribution in [3.63, 3.8) is 0 Å². The first-order chi connectivity index (χ1) is 33.6. The van der Waals surface area contributed by atoms with E-state index >= 15 is 0 Å². The second-order valence-electron chi connectivity index (χ2n) is 19.7. The summed E-state index contributed by atoms with van der Waals surface area (Å²) in [5.41, 5.74) is 23.3. The molecule has 0 bridgehead atoms. The van der Waals surface area contributed by atoms with Gasteiger partial charge in [-0.05, 0) is 96.6 Å². The van der Waals surface area contributed by atoms with Gasteiger partial charge in [-0.3, -0.25) is 24.0 Å². The lowest BCUT2D eigenvalue weighted by atomic mass is 9.97. The Labute approximate surface area is 422 Å². The van der Waals surface area contributed by atoms with Gasteiger partial charge in [-0.1, -0.05) is 174 Å². The van der Waals surface area contributed by atoms with Crippen molar-refractivity contribution in [3.8, 4) is 0 Å². The highest BCUT2D eigenvalue weighted by molar-refractivity contribution is 6.01. The highest BCUT2D eigenvalue weighted by Crippen LogP contribution is 2.17. The first kappa shape index (κ1) is 65.9. The largest absolute Gasteiger partial charge is 0.355 e. The van der Waals surface area contributed by atoms with Gasteiger partial charge in [0.05, 0.1) is 12.1 Å². The van der Waals surface area contributed by atoms with Crippen LogP contribution >= 0.6 is 0 Å². The predicted octanol–water partition coefficient (Wildman–Crippen LogP) is 8.76. The van der Waals surface area contributed by atoms with Crippen molar-refractivity contribution < 1.29 is 24.0 Å². The highest BCUT2D eigenvalue weighted by atomic mass is 16.2. The summed E-state index contributed by atoms with van der Waals surface area (Å²) in [4.78, 5) is 66.5. The topological polar surface area (TPSA) is 250 Å². The molecule has 0 aromatic heterocycles. The van der Waals surface area contributed by atoms with Gasteiger partial charge in [-0.25, -0.2) is 0 Å². The molecule has 5 amide bonds. The number of rotatable bonds is 51. The Morgan fingerprint density at radius 1 is 0.362 bits per heavy atom. The molecule has 0 aromatic rings. The maximum atomic E-state index is 14.1. The van der Waals surface area contributed by atoms with Crippen LogP contribution in [0.4, 0.5) is 0 Å². The zero-order valence-corrected chi connectivity index (χ0v) is 44.5. The highest BCUT2D eigenvalue weighted by Gasteiger charge is 2.30. The third kappa shape index (κ3) is 41.3. The number of carbonyl (C=O) groups is 5. The van der Waals surface area contributed by atoms with Gasteiger partial charge in [0.25, 0.3) is 0 Å². The molecular weight excluding hydrogens is 867 g/mol. The minimum atomic E-state index is -0.992. The SMILES string of the molecule is CCCCCCCC/C=C\CCCCCCCCNC(=O)[C@H](CCCCNC(=O)[C@@H](N)CCCCN)NC(=O)C(CCCCCCCCCCCCCC)C(=O)NCCNC(=O)[C@@H](N)CCCCN. The molecule has 69 heavy (non-hydrogen) atoms. The fourth-order valence-electron chi connectivity index (χ4n) is 8.54. The van der Waals surface area contributed by atoms with E-state index in [2.05, 4.69) is 52.6 Å². The zero-order chi connectivity index (χ0) is 50.8. The molecule has 0 aromatic carbocycles. The maximum absolute atomic E-state index is 14.1. The normalized spacial score (nSPS) is 13.2. The van der Waals surface area contributed by atoms with E-state index in [0.29, 0.717) is 71.1 Å². The Kier molecular flexibility index (Phi) is 47.7. The molecule has 14 heteroatoms. The van der Waals surface area contributed by atoms with Crippen molar-refractivity contribution in [1.82, 2.24) is 26.6 Å². The summed E-state index contributed by atoms with van der Waals surface area (Å²) in [7, 11) is 0. The summed E-state index contributed by atoms with van der Waals surface area (Å²) in [6, 6.07) is -2.08. The van der Waals surface area contributed by atoms with E-state index in [-0.39, 0.29) is 30.8 Å². The molecule has 13 N–H and O–H groups in total. The predicted molar refractivity (Wildman–Crippen MR) is 288 cm³/mol. The average molecular weight is 977 g/mol. The lowest BCUT2D eigenvalue weighted by Crippen LogP contribution is -2.51. The van der Waals surface area contributed by atoms with Crippen molar-refractivity contribution >= 4 is 29.5 Å². The number of hydrogen-bond donors (Lipinski definition) is 9. The molecule has 0 heterocycles. The molecule has 14 nitrogen and oxygen atoms in total. The molecule has 0 radical (unpaired) electrons. The first-order valence-electron chi connectivity index (χ1n) is 28.6. The van der Waals surface area contributed by atoms with Crippen molar-refractivity contribution in [2.24, 2.45) is 28.9 Å². The summed E-state index contributed by atoms with van der Waals surface area (Å²) in [5, 5.41) is 14.6. The molecule has 0 rings (SSSR count). The van der Waals surface area contributed by atoms with E-state index in [0.717, 1.165) is 70.6 Å². The summed E-state index contributed by atoms with van der Waals surface area (Å²) in [6.45, 7) is 6.84. The molecule has 0 saturated heterocycles. The van der Waals surface area contributed by atoms with E-state index in [1.54, 1.807) is 0 Å². The van der Waals surface area contributed by atoms with Crippen LogP contribution in [0.25, 0.3) is 0 Å². The zero-order valence-electron chi connectivity index (χ0n) is 44.5. The van der Waals surface area contributed by atoms with Gasteiger partial charge in [0, 0.05) is 26.2 Å². The van der Waals surface area contributed by atoms with Crippen LogP contribution in [0.1, 0.15) is 245 Å². The Bertz CT molecular complexity index is 1270. The fourth-order valence-corrected chi connectivity index (χ4v) is 8.54. The third-order valence-corrected chi connectivity index (χ3v) is 13.2. The lowest BCUT2D eigenvalue weighted by Gasteiger charge is -2.23. The maximum Gasteiger partial charge on any atom is 0.242 e. The van der Waals surface area contributed by atoms with Crippen LogP contribution in [0.5, 0.6) is 0 Å². The van der Waals surface area contributed by atoms with Crippen LogP contribution in [0.2, 0.25) is 0 Å². The van der Waals surface area contributed by atoms with E-state index in [1.807, 2.05) is 0 Å². The molecule has 0 saturated carbocycles. The second-order valence-corrected chi connectivity index (χ2v) is 19.7. The standard InChI is InChI=1S/C55H109N9O5/c1-3-5-7-9-11-13-15-17-18-19-20-22-24-26-28-35-43-61-55(69)50(40-32-36-44-60-53(67)48(58)38-30-33-41-56)64-52(66)47(37-29-27-25-23-21-16-14-12-10-8-6-4-2)51(65)62-45-46-63-54(68)49(59)39-31-34-42-57/h17-18,47-50H,3-16,19-46,56-59H2,1-2H3,(H,60,67)(H,61,69)(H,62,65)(H,63,68)(H,64,66)/b18-17-/t47?,48-,49-,50-/m0/s1. The molecule has 0 fully saturated rings. The quantitative estimate of drug-likeness (QED) is 0.0160. The van der Waals surface area contributed by atoms with Crippen LogP contribution in [-0.4, -0.2) is 86.9 Å². The molecule has 0 aliphatic carbocycles. The van der Waals surface area contributed by atoms with Crippen LogP contribution in [0, 0.1) is 5.92 Å². The number of allylic oxidation sites excluding steroid dienone is 2. The van der Waals surface area contributed by atoms with Crippen LogP contribution in [0.15, 0.2) is 12.2 Å². The van der Waals surface area contributed by atoms with Gasteiger partial charge in [0.1, 0.15) is 12.0 Å². The second kappa shape index (κ2) is 49.9. The summed E-state index contributed by atoms with van der Waals surface area (Å²) in [5.74, 6) is -2.66. The number of carbonyl (C=O) groups excluding carboxylic acids is 5. The van der Waals surface area contributed by atoms with Crippen molar-refractivity contribution in [1.29, 1.82) is 0 Å². The minimum absolute atomic E-state index is 0.144. The van der Waals surface area contributed by atoms with Crippen LogP contribution in [-0.2, 0) is 24.0 Å². The lowest BCUT2D eigenvalue weighted by molar-refractivity contribution is -0.138. The van der Waals surface area contributed by atoms with Gasteiger partial charge >= 0.3 is 0 Å². The summed E-state index contributed by atoms with van der Waals surface area (Å²) in [6.07, 6.45) is 41.7. The molecule has 404 valence electrons. The van der Waals surface area contributed by atoms with Gasteiger partial charge in [0.15, 0.2) is 0 Å². The van der Waals surface area contributed by atoms with Gasteiger partial charge in [0.2, 0.25) is 29.5 Å². The first-order valence-corrected chi connectivity index (χ1v) is 28.6. The van der Waals surface area contributed by atoms with Crippen LogP contribution in [0.3, 0.4) is 0 Å². The number of nitrogens with one attached hydrogen (secondary N) is 5. The molecule has 0 aliphatic rings. The molecule has 1 unspecified atom stereocenters. The number of hydrogen-bond acceptors (Lipinski definition) is 9.